The van der Waals surface area contributed by atoms with Gasteiger partial charge in [-0.25, -0.2) is 0 Å². The van der Waals surface area contributed by atoms with Crippen molar-refractivity contribution in [3.05, 3.63) is 34.9 Å². The van der Waals surface area contributed by atoms with Crippen molar-refractivity contribution in [1.29, 1.82) is 0 Å². The minimum Gasteiger partial charge on any atom is -0.322 e. The van der Waals surface area contributed by atoms with Gasteiger partial charge in [0.05, 0.1) is 0 Å². The van der Waals surface area contributed by atoms with Gasteiger partial charge in [0.25, 0.3) is 5.91 Å². The first-order valence-corrected chi connectivity index (χ1v) is 9.67. The third-order valence-corrected chi connectivity index (χ3v) is 5.83. The number of piperidine rings is 1. The van der Waals surface area contributed by atoms with E-state index in [0.717, 1.165) is 43.2 Å². The van der Waals surface area contributed by atoms with E-state index in [0.29, 0.717) is 18.5 Å². The van der Waals surface area contributed by atoms with Crippen LogP contribution in [0.15, 0.2) is 18.2 Å². The predicted molar refractivity (Wildman–Crippen MR) is 99.8 cm³/mol. The minimum absolute atomic E-state index is 0.107. The summed E-state index contributed by atoms with van der Waals surface area (Å²) in [6, 6.07) is 5.48. The van der Waals surface area contributed by atoms with Gasteiger partial charge < -0.3 is 15.1 Å². The van der Waals surface area contributed by atoms with Crippen LogP contribution >= 0.6 is 0 Å². The van der Waals surface area contributed by atoms with Crippen molar-refractivity contribution < 1.29 is 14.4 Å². The summed E-state index contributed by atoms with van der Waals surface area (Å²) >= 11 is 0. The highest BCUT2D eigenvalue weighted by Crippen LogP contribution is 2.28. The van der Waals surface area contributed by atoms with Crippen LogP contribution < -0.4 is 10.6 Å². The molecule has 3 heterocycles. The number of rotatable bonds is 6. The maximum Gasteiger partial charge on any atom is 0.255 e. The highest BCUT2D eigenvalue weighted by Gasteiger charge is 2.39. The molecule has 7 heteroatoms. The average Bonchev–Trinajstić information content (AvgIpc) is 2.90. The standard InChI is InChI=1S/C20H26N4O3/c1-23(7-6-14-9-21-10-14)11-13-2-3-15-12-24(20(27)16(15)8-13)17-4-5-18(25)22-19(17)26/h2-3,8,14,17,21H,4-7,9-12H2,1H3,(H,22,25,26). The molecular weight excluding hydrogens is 344 g/mol. The summed E-state index contributed by atoms with van der Waals surface area (Å²) in [5, 5.41) is 5.64. The van der Waals surface area contributed by atoms with Crippen LogP contribution in [-0.4, -0.2) is 60.2 Å². The van der Waals surface area contributed by atoms with Crippen LogP contribution in [0.4, 0.5) is 0 Å². The van der Waals surface area contributed by atoms with Crippen molar-refractivity contribution in [2.45, 2.75) is 38.4 Å². The van der Waals surface area contributed by atoms with Gasteiger partial charge in [0.2, 0.25) is 11.8 Å². The maximum atomic E-state index is 12.9. The number of imide groups is 1. The highest BCUT2D eigenvalue weighted by molar-refractivity contribution is 6.05. The van der Waals surface area contributed by atoms with Crippen LogP contribution in [0.25, 0.3) is 0 Å². The van der Waals surface area contributed by atoms with Gasteiger partial charge in [0, 0.05) is 25.1 Å². The lowest BCUT2D eigenvalue weighted by atomic mass is 9.99. The largest absolute Gasteiger partial charge is 0.322 e. The van der Waals surface area contributed by atoms with Gasteiger partial charge in [-0.15, -0.1) is 0 Å². The van der Waals surface area contributed by atoms with Crippen LogP contribution in [0.3, 0.4) is 0 Å². The Morgan fingerprint density at radius 1 is 1.22 bits per heavy atom. The number of benzene rings is 1. The zero-order valence-electron chi connectivity index (χ0n) is 15.7. The monoisotopic (exact) mass is 370 g/mol. The fourth-order valence-electron chi connectivity index (χ4n) is 4.05. The number of fused-ring (bicyclic) bond motifs is 1. The lowest BCUT2D eigenvalue weighted by Crippen LogP contribution is -2.52. The number of carbonyl (C=O) groups excluding carboxylic acids is 3. The summed E-state index contributed by atoms with van der Waals surface area (Å²) in [4.78, 5) is 40.2. The zero-order chi connectivity index (χ0) is 19.0. The summed E-state index contributed by atoms with van der Waals surface area (Å²) in [7, 11) is 2.11. The Morgan fingerprint density at radius 2 is 2.04 bits per heavy atom. The second kappa shape index (κ2) is 7.40. The van der Waals surface area contributed by atoms with E-state index in [4.69, 9.17) is 0 Å². The summed E-state index contributed by atoms with van der Waals surface area (Å²) in [5.41, 5.74) is 2.76. The molecule has 0 aliphatic carbocycles. The van der Waals surface area contributed by atoms with E-state index in [-0.39, 0.29) is 24.1 Å². The van der Waals surface area contributed by atoms with E-state index in [1.807, 2.05) is 12.1 Å². The summed E-state index contributed by atoms with van der Waals surface area (Å²) < 4.78 is 0. The van der Waals surface area contributed by atoms with E-state index in [1.165, 1.54) is 6.42 Å². The number of hydrogen-bond acceptors (Lipinski definition) is 5. The predicted octanol–water partition coefficient (Wildman–Crippen LogP) is 0.489. The normalized spacial score (nSPS) is 22.8. The van der Waals surface area contributed by atoms with E-state index in [9.17, 15) is 14.4 Å². The minimum atomic E-state index is -0.551. The molecule has 1 unspecified atom stereocenters. The molecule has 4 rings (SSSR count). The van der Waals surface area contributed by atoms with Crippen molar-refractivity contribution >= 4 is 17.7 Å². The number of hydrogen-bond donors (Lipinski definition) is 2. The van der Waals surface area contributed by atoms with Crippen LogP contribution in [0.1, 0.15) is 40.7 Å². The fraction of sp³-hybridized carbons (Fsp3) is 0.550. The molecule has 2 saturated heterocycles. The molecule has 0 aromatic heterocycles. The van der Waals surface area contributed by atoms with Crippen LogP contribution in [0, 0.1) is 5.92 Å². The summed E-state index contributed by atoms with van der Waals surface area (Å²) in [6.45, 7) is 4.53. The number of nitrogens with zero attached hydrogens (tertiary/aromatic N) is 2. The van der Waals surface area contributed by atoms with Gasteiger partial charge in [0.15, 0.2) is 0 Å². The Bertz CT molecular complexity index is 774. The molecule has 3 aliphatic rings. The second-order valence-corrected chi connectivity index (χ2v) is 7.94. The third-order valence-electron chi connectivity index (χ3n) is 5.83. The first-order valence-electron chi connectivity index (χ1n) is 9.67. The summed E-state index contributed by atoms with van der Waals surface area (Å²) in [5.74, 6) is 0.0573. The smallest absolute Gasteiger partial charge is 0.255 e. The van der Waals surface area contributed by atoms with Crippen molar-refractivity contribution in [2.75, 3.05) is 26.7 Å². The molecule has 1 aromatic rings. The zero-order valence-corrected chi connectivity index (χ0v) is 15.7. The van der Waals surface area contributed by atoms with Crippen LogP contribution in [0.5, 0.6) is 0 Å². The molecule has 3 aliphatic heterocycles. The summed E-state index contributed by atoms with van der Waals surface area (Å²) in [6.07, 6.45) is 1.87. The van der Waals surface area contributed by atoms with Crippen LogP contribution in [-0.2, 0) is 22.7 Å². The van der Waals surface area contributed by atoms with E-state index in [2.05, 4.69) is 28.6 Å². The Morgan fingerprint density at radius 3 is 2.74 bits per heavy atom. The lowest BCUT2D eigenvalue weighted by molar-refractivity contribution is -0.136. The average molecular weight is 370 g/mol. The molecule has 2 fully saturated rings. The van der Waals surface area contributed by atoms with Gasteiger partial charge in [-0.05, 0) is 62.6 Å². The van der Waals surface area contributed by atoms with Gasteiger partial charge in [-0.3, -0.25) is 19.7 Å². The highest BCUT2D eigenvalue weighted by atomic mass is 16.2. The molecule has 2 N–H and O–H groups in total. The molecule has 0 radical (unpaired) electrons. The molecule has 7 nitrogen and oxygen atoms in total. The van der Waals surface area contributed by atoms with Gasteiger partial charge >= 0.3 is 0 Å². The second-order valence-electron chi connectivity index (χ2n) is 7.94. The quantitative estimate of drug-likeness (QED) is 0.713. The van der Waals surface area contributed by atoms with E-state index in [1.54, 1.807) is 4.90 Å². The molecule has 144 valence electrons. The Kier molecular flexibility index (Phi) is 4.97. The molecule has 27 heavy (non-hydrogen) atoms. The number of amides is 3. The van der Waals surface area contributed by atoms with Crippen molar-refractivity contribution in [3.63, 3.8) is 0 Å². The fourth-order valence-corrected chi connectivity index (χ4v) is 4.05. The van der Waals surface area contributed by atoms with Crippen LogP contribution in [0.2, 0.25) is 0 Å². The number of carbonyl (C=O) groups is 3. The van der Waals surface area contributed by atoms with Gasteiger partial charge in [-0.1, -0.05) is 12.1 Å². The molecule has 1 atom stereocenters. The Hall–Kier alpha value is -2.25. The van der Waals surface area contributed by atoms with Gasteiger partial charge in [-0.2, -0.15) is 0 Å². The van der Waals surface area contributed by atoms with E-state index >= 15 is 0 Å². The first-order chi connectivity index (χ1) is 13.0. The SMILES string of the molecule is CN(CCC1CNC1)Cc1ccc2c(c1)C(=O)N(C1CCC(=O)NC1=O)C2. The van der Waals surface area contributed by atoms with E-state index < -0.39 is 6.04 Å². The molecular formula is C20H26N4O3. The number of nitrogens with one attached hydrogen (secondary N) is 2. The maximum absolute atomic E-state index is 12.9. The first kappa shape index (κ1) is 18.1. The molecule has 1 aromatic carbocycles. The molecule has 0 spiro atoms. The van der Waals surface area contributed by atoms with Crippen molar-refractivity contribution in [3.8, 4) is 0 Å². The molecule has 3 amide bonds. The van der Waals surface area contributed by atoms with Crippen molar-refractivity contribution in [2.24, 2.45) is 5.92 Å². The van der Waals surface area contributed by atoms with Gasteiger partial charge in [0.1, 0.15) is 6.04 Å². The Balaban J connectivity index is 1.40. The lowest BCUT2D eigenvalue weighted by Gasteiger charge is -2.29. The molecule has 0 bridgehead atoms. The topological polar surface area (TPSA) is 81.8 Å². The van der Waals surface area contributed by atoms with Crippen molar-refractivity contribution in [1.82, 2.24) is 20.4 Å². The third kappa shape index (κ3) is 3.75. The molecule has 0 saturated carbocycles. The Labute approximate surface area is 159 Å².